The van der Waals surface area contributed by atoms with E-state index >= 15 is 0 Å². The first-order chi connectivity index (χ1) is 13.1. The zero-order valence-corrected chi connectivity index (χ0v) is 16.7. The van der Waals surface area contributed by atoms with Crippen molar-refractivity contribution < 1.29 is 9.69 Å². The van der Waals surface area contributed by atoms with Gasteiger partial charge in [-0.1, -0.05) is 6.07 Å². The summed E-state index contributed by atoms with van der Waals surface area (Å²) in [6.45, 7) is 6.00. The van der Waals surface area contributed by atoms with E-state index in [0.29, 0.717) is 12.6 Å². The van der Waals surface area contributed by atoms with Crippen molar-refractivity contribution in [2.75, 3.05) is 18.4 Å². The SMILES string of the molecule is Cc1ccc2nc(-c3ccc(NC(=O)C[NH+]4CCCC[C@@H]4C)cc3)sc2c1. The number of thiazole rings is 1. The summed E-state index contributed by atoms with van der Waals surface area (Å²) in [6.07, 6.45) is 3.74. The molecule has 1 amide bonds. The predicted molar refractivity (Wildman–Crippen MR) is 112 cm³/mol. The molecule has 2 N–H and O–H groups in total. The molecule has 4 rings (SSSR count). The minimum absolute atomic E-state index is 0.0990. The van der Waals surface area contributed by atoms with Gasteiger partial charge in [-0.2, -0.15) is 0 Å². The average Bonchev–Trinajstić information content (AvgIpc) is 3.07. The Labute approximate surface area is 164 Å². The highest BCUT2D eigenvalue weighted by molar-refractivity contribution is 7.21. The second-order valence-corrected chi connectivity index (χ2v) is 8.63. The normalized spacial score (nSPS) is 19.9. The number of amides is 1. The summed E-state index contributed by atoms with van der Waals surface area (Å²) in [7, 11) is 0. The van der Waals surface area contributed by atoms with E-state index in [1.807, 2.05) is 24.3 Å². The fraction of sp³-hybridized carbons (Fsp3) is 0.364. The quantitative estimate of drug-likeness (QED) is 0.725. The number of nitrogens with zero attached hydrogens (tertiary/aromatic N) is 1. The molecular weight excluding hydrogens is 354 g/mol. The number of fused-ring (bicyclic) bond motifs is 1. The van der Waals surface area contributed by atoms with Crippen molar-refractivity contribution in [3.8, 4) is 10.6 Å². The summed E-state index contributed by atoms with van der Waals surface area (Å²) in [5.74, 6) is 0.0990. The second kappa shape index (κ2) is 7.79. The Hall–Kier alpha value is -2.24. The third-order valence-electron chi connectivity index (χ3n) is 5.43. The molecule has 5 heteroatoms. The molecule has 0 saturated carbocycles. The lowest BCUT2D eigenvalue weighted by molar-refractivity contribution is -0.920. The Morgan fingerprint density at radius 2 is 2.04 bits per heavy atom. The number of aryl methyl sites for hydroxylation is 1. The highest BCUT2D eigenvalue weighted by Crippen LogP contribution is 2.31. The van der Waals surface area contributed by atoms with Gasteiger partial charge in [-0.25, -0.2) is 4.98 Å². The summed E-state index contributed by atoms with van der Waals surface area (Å²) in [4.78, 5) is 18.5. The van der Waals surface area contributed by atoms with Gasteiger partial charge in [-0.3, -0.25) is 4.79 Å². The van der Waals surface area contributed by atoms with Gasteiger partial charge in [0.2, 0.25) is 0 Å². The summed E-state index contributed by atoms with van der Waals surface area (Å²) < 4.78 is 1.21. The summed E-state index contributed by atoms with van der Waals surface area (Å²) in [5, 5.41) is 4.06. The third-order valence-corrected chi connectivity index (χ3v) is 6.50. The highest BCUT2D eigenvalue weighted by atomic mass is 32.1. The molecule has 2 heterocycles. The molecule has 1 aromatic heterocycles. The van der Waals surface area contributed by atoms with Crippen molar-refractivity contribution in [2.45, 2.75) is 39.2 Å². The number of aromatic nitrogens is 1. The smallest absolute Gasteiger partial charge is 0.279 e. The van der Waals surface area contributed by atoms with E-state index in [-0.39, 0.29) is 5.91 Å². The lowest BCUT2D eigenvalue weighted by Gasteiger charge is -2.29. The predicted octanol–water partition coefficient (Wildman–Crippen LogP) is 3.67. The second-order valence-electron chi connectivity index (χ2n) is 7.60. The number of anilines is 1. The molecule has 2 aromatic carbocycles. The van der Waals surface area contributed by atoms with Crippen molar-refractivity contribution in [3.63, 3.8) is 0 Å². The number of hydrogen-bond acceptors (Lipinski definition) is 3. The third kappa shape index (κ3) is 4.20. The van der Waals surface area contributed by atoms with Gasteiger partial charge in [0.15, 0.2) is 6.54 Å². The number of quaternary nitrogens is 1. The maximum absolute atomic E-state index is 12.4. The Morgan fingerprint density at radius 1 is 1.22 bits per heavy atom. The van der Waals surface area contributed by atoms with Crippen LogP contribution in [0.15, 0.2) is 42.5 Å². The molecule has 4 nitrogen and oxygen atoms in total. The molecule has 0 spiro atoms. The van der Waals surface area contributed by atoms with Crippen LogP contribution in [0.4, 0.5) is 5.69 Å². The van der Waals surface area contributed by atoms with Crippen LogP contribution in [0, 0.1) is 6.92 Å². The van der Waals surface area contributed by atoms with Crippen LogP contribution in [0.2, 0.25) is 0 Å². The Kier molecular flexibility index (Phi) is 5.23. The molecule has 0 bridgehead atoms. The zero-order chi connectivity index (χ0) is 18.8. The van der Waals surface area contributed by atoms with E-state index in [1.165, 1.54) is 34.4 Å². The number of rotatable bonds is 4. The van der Waals surface area contributed by atoms with Crippen LogP contribution in [0.25, 0.3) is 20.8 Å². The van der Waals surface area contributed by atoms with Crippen LogP contribution >= 0.6 is 11.3 Å². The van der Waals surface area contributed by atoms with Crippen LogP contribution in [0.5, 0.6) is 0 Å². The summed E-state index contributed by atoms with van der Waals surface area (Å²) in [6, 6.07) is 14.9. The fourth-order valence-electron chi connectivity index (χ4n) is 3.78. The Balaban J connectivity index is 1.42. The van der Waals surface area contributed by atoms with Gasteiger partial charge in [0.05, 0.1) is 22.8 Å². The van der Waals surface area contributed by atoms with Gasteiger partial charge in [0, 0.05) is 11.3 Å². The average molecular weight is 381 g/mol. The van der Waals surface area contributed by atoms with Crippen molar-refractivity contribution >= 4 is 33.1 Å². The fourth-order valence-corrected chi connectivity index (χ4v) is 4.85. The highest BCUT2D eigenvalue weighted by Gasteiger charge is 2.24. The Morgan fingerprint density at radius 3 is 2.81 bits per heavy atom. The van der Waals surface area contributed by atoms with E-state index in [1.54, 1.807) is 11.3 Å². The maximum atomic E-state index is 12.4. The number of carbonyl (C=O) groups is 1. The van der Waals surface area contributed by atoms with Gasteiger partial charge in [0.1, 0.15) is 5.01 Å². The molecule has 140 valence electrons. The first-order valence-corrected chi connectivity index (χ1v) is 10.5. The molecule has 1 aliphatic heterocycles. The van der Waals surface area contributed by atoms with E-state index in [2.05, 4.69) is 37.4 Å². The standard InChI is InChI=1S/C22H25N3OS/c1-15-6-11-19-20(13-15)27-22(24-19)17-7-9-18(10-8-17)23-21(26)14-25-12-4-3-5-16(25)2/h6-11,13,16H,3-5,12,14H2,1-2H3,(H,23,26)/p+1/t16-/m0/s1. The minimum atomic E-state index is 0.0990. The first kappa shape index (κ1) is 18.1. The van der Waals surface area contributed by atoms with Crippen molar-refractivity contribution in [1.29, 1.82) is 0 Å². The zero-order valence-electron chi connectivity index (χ0n) is 15.9. The van der Waals surface area contributed by atoms with Gasteiger partial charge in [-0.15, -0.1) is 11.3 Å². The topological polar surface area (TPSA) is 46.4 Å². The number of carbonyl (C=O) groups excluding carboxylic acids is 1. The molecule has 2 atom stereocenters. The lowest BCUT2D eigenvalue weighted by Crippen LogP contribution is -3.17. The molecule has 0 aliphatic carbocycles. The number of likely N-dealkylation sites (tertiary alicyclic amines) is 1. The van der Waals surface area contributed by atoms with E-state index in [4.69, 9.17) is 4.98 Å². The van der Waals surface area contributed by atoms with E-state index < -0.39 is 0 Å². The number of benzene rings is 2. The largest absolute Gasteiger partial charge is 0.325 e. The van der Waals surface area contributed by atoms with Crippen molar-refractivity contribution in [2.24, 2.45) is 0 Å². The maximum Gasteiger partial charge on any atom is 0.279 e. The molecule has 3 aromatic rings. The monoisotopic (exact) mass is 380 g/mol. The van der Waals surface area contributed by atoms with E-state index in [0.717, 1.165) is 28.3 Å². The minimum Gasteiger partial charge on any atom is -0.325 e. The molecule has 0 radical (unpaired) electrons. The molecule has 1 fully saturated rings. The molecular formula is C22H26N3OS+. The van der Waals surface area contributed by atoms with Crippen LogP contribution in [-0.4, -0.2) is 30.0 Å². The van der Waals surface area contributed by atoms with Crippen LogP contribution in [-0.2, 0) is 4.79 Å². The number of piperidine rings is 1. The van der Waals surface area contributed by atoms with Gasteiger partial charge in [-0.05, 0) is 75.1 Å². The van der Waals surface area contributed by atoms with E-state index in [9.17, 15) is 4.79 Å². The summed E-state index contributed by atoms with van der Waals surface area (Å²) in [5.41, 5.74) is 4.23. The van der Waals surface area contributed by atoms with Gasteiger partial charge < -0.3 is 10.2 Å². The van der Waals surface area contributed by atoms with Gasteiger partial charge in [0.25, 0.3) is 5.91 Å². The van der Waals surface area contributed by atoms with Crippen LogP contribution in [0.1, 0.15) is 31.7 Å². The molecule has 1 saturated heterocycles. The molecule has 1 aliphatic rings. The van der Waals surface area contributed by atoms with Gasteiger partial charge >= 0.3 is 0 Å². The number of hydrogen-bond donors (Lipinski definition) is 2. The van der Waals surface area contributed by atoms with Crippen molar-refractivity contribution in [1.82, 2.24) is 4.98 Å². The first-order valence-electron chi connectivity index (χ1n) is 9.70. The van der Waals surface area contributed by atoms with Crippen LogP contribution < -0.4 is 10.2 Å². The Bertz CT molecular complexity index is 948. The molecule has 27 heavy (non-hydrogen) atoms. The molecule has 1 unspecified atom stereocenters. The lowest BCUT2D eigenvalue weighted by atomic mass is 10.0. The number of nitrogens with one attached hydrogen (secondary N) is 2. The summed E-state index contributed by atoms with van der Waals surface area (Å²) >= 11 is 1.71. The van der Waals surface area contributed by atoms with Crippen LogP contribution in [0.3, 0.4) is 0 Å². The van der Waals surface area contributed by atoms with Crippen molar-refractivity contribution in [3.05, 3.63) is 48.0 Å².